The number of phenols is 1. The van der Waals surface area contributed by atoms with Gasteiger partial charge in [-0.3, -0.25) is 9.48 Å². The molecule has 0 saturated carbocycles. The smallest absolute Gasteiger partial charge is 0.272 e. The second-order valence-corrected chi connectivity index (χ2v) is 6.25. The molecule has 3 rings (SSSR count). The van der Waals surface area contributed by atoms with Gasteiger partial charge in [-0.25, -0.2) is 4.99 Å². The third kappa shape index (κ3) is 2.91. The maximum atomic E-state index is 12.6. The summed E-state index contributed by atoms with van der Waals surface area (Å²) in [4.78, 5) is 17.4. The molecule has 0 saturated heterocycles. The molecule has 2 aromatic rings. The van der Waals surface area contributed by atoms with E-state index in [0.29, 0.717) is 24.5 Å². The highest BCUT2D eigenvalue weighted by atomic mass is 16.3. The third-order valence-electron chi connectivity index (χ3n) is 4.01. The highest BCUT2D eigenvalue weighted by Gasteiger charge is 2.27. The van der Waals surface area contributed by atoms with E-state index in [1.165, 1.54) is 0 Å². The summed E-state index contributed by atoms with van der Waals surface area (Å²) in [6, 6.07) is 6.85. The molecule has 1 amide bonds. The van der Waals surface area contributed by atoms with E-state index in [1.54, 1.807) is 28.9 Å². The highest BCUT2D eigenvalue weighted by Crippen LogP contribution is 2.32. The number of aromatic hydroxyl groups is 1. The minimum atomic E-state index is -0.143. The van der Waals surface area contributed by atoms with Crippen LogP contribution in [0, 0.1) is 0 Å². The Kier molecular flexibility index (Phi) is 4.38. The Morgan fingerprint density at radius 2 is 2.00 bits per heavy atom. The number of benzene rings is 1. The molecule has 2 heterocycles. The van der Waals surface area contributed by atoms with E-state index >= 15 is 0 Å². The molecule has 1 aliphatic heterocycles. The van der Waals surface area contributed by atoms with Crippen molar-refractivity contribution >= 4 is 17.3 Å². The fraction of sp³-hybridized carbons (Fsp3) is 0.389. The van der Waals surface area contributed by atoms with Crippen molar-refractivity contribution < 1.29 is 9.90 Å². The molecule has 0 aliphatic carbocycles. The molecule has 0 unspecified atom stereocenters. The average molecular weight is 326 g/mol. The van der Waals surface area contributed by atoms with Gasteiger partial charge in [-0.1, -0.05) is 20.8 Å². The number of aromatic nitrogens is 2. The van der Waals surface area contributed by atoms with E-state index in [-0.39, 0.29) is 17.6 Å². The number of hydrogen-bond donors (Lipinski definition) is 2. The largest absolute Gasteiger partial charge is 0.508 e. The second kappa shape index (κ2) is 6.47. The van der Waals surface area contributed by atoms with Crippen LogP contribution in [-0.2, 0) is 6.54 Å². The first-order valence-corrected chi connectivity index (χ1v) is 8.27. The summed E-state index contributed by atoms with van der Waals surface area (Å²) >= 11 is 0. The van der Waals surface area contributed by atoms with Gasteiger partial charge < -0.3 is 10.4 Å². The summed E-state index contributed by atoms with van der Waals surface area (Å²) in [5, 5.41) is 17.0. The zero-order valence-electron chi connectivity index (χ0n) is 14.2. The molecule has 1 aliphatic rings. The zero-order chi connectivity index (χ0) is 17.3. The SMILES string of the molecule is CCCn1nc(C(C)C)c2c1C(=O)NCC(c1ccc(O)cc1)=N2. The number of aliphatic imine (C=N–C) groups is 1. The quantitative estimate of drug-likeness (QED) is 0.906. The van der Waals surface area contributed by atoms with Crippen molar-refractivity contribution in [3.63, 3.8) is 0 Å². The molecule has 0 bridgehead atoms. The predicted octanol–water partition coefficient (Wildman–Crippen LogP) is 2.99. The zero-order valence-corrected chi connectivity index (χ0v) is 14.2. The van der Waals surface area contributed by atoms with Crippen molar-refractivity contribution in [2.24, 2.45) is 4.99 Å². The summed E-state index contributed by atoms with van der Waals surface area (Å²) < 4.78 is 1.77. The lowest BCUT2D eigenvalue weighted by Gasteiger charge is -2.07. The molecule has 6 heteroatoms. The van der Waals surface area contributed by atoms with Crippen LogP contribution in [0.4, 0.5) is 5.69 Å². The van der Waals surface area contributed by atoms with Gasteiger partial charge in [0.15, 0.2) is 5.69 Å². The van der Waals surface area contributed by atoms with Crippen molar-refractivity contribution in [2.75, 3.05) is 6.54 Å². The molecule has 1 aromatic heterocycles. The van der Waals surface area contributed by atoms with Crippen LogP contribution in [0.1, 0.15) is 54.9 Å². The third-order valence-corrected chi connectivity index (χ3v) is 4.01. The van der Waals surface area contributed by atoms with E-state index in [9.17, 15) is 9.90 Å². The van der Waals surface area contributed by atoms with E-state index in [0.717, 1.165) is 23.4 Å². The molecule has 126 valence electrons. The van der Waals surface area contributed by atoms with Crippen molar-refractivity contribution in [3.05, 3.63) is 41.2 Å². The van der Waals surface area contributed by atoms with E-state index < -0.39 is 0 Å². The fourth-order valence-electron chi connectivity index (χ4n) is 2.81. The van der Waals surface area contributed by atoms with Gasteiger partial charge in [0.2, 0.25) is 0 Å². The van der Waals surface area contributed by atoms with Crippen LogP contribution in [0.15, 0.2) is 29.3 Å². The number of nitrogens with one attached hydrogen (secondary N) is 1. The van der Waals surface area contributed by atoms with Crippen molar-refractivity contribution in [1.82, 2.24) is 15.1 Å². The van der Waals surface area contributed by atoms with Crippen LogP contribution >= 0.6 is 0 Å². The fourth-order valence-corrected chi connectivity index (χ4v) is 2.81. The van der Waals surface area contributed by atoms with Gasteiger partial charge in [-0.2, -0.15) is 5.10 Å². The lowest BCUT2D eigenvalue weighted by molar-refractivity contribution is 0.0950. The number of hydrogen-bond acceptors (Lipinski definition) is 4. The van der Waals surface area contributed by atoms with Crippen LogP contribution < -0.4 is 5.32 Å². The van der Waals surface area contributed by atoms with Gasteiger partial charge >= 0.3 is 0 Å². The topological polar surface area (TPSA) is 79.5 Å². The minimum absolute atomic E-state index is 0.143. The Hall–Kier alpha value is -2.63. The standard InChI is InChI=1S/C18H22N4O2/c1-4-9-22-17-16(15(21-22)11(2)3)20-14(10-19-18(17)24)12-5-7-13(23)8-6-12/h5-8,11,23H,4,9-10H2,1-3H3,(H,19,24). The number of aryl methyl sites for hydroxylation is 1. The summed E-state index contributed by atoms with van der Waals surface area (Å²) in [5.74, 6) is 0.235. The molecule has 24 heavy (non-hydrogen) atoms. The second-order valence-electron chi connectivity index (χ2n) is 6.25. The Labute approximate surface area is 141 Å². The maximum Gasteiger partial charge on any atom is 0.272 e. The maximum absolute atomic E-state index is 12.6. The lowest BCUT2D eigenvalue weighted by Crippen LogP contribution is -2.30. The summed E-state index contributed by atoms with van der Waals surface area (Å²) in [7, 11) is 0. The number of carbonyl (C=O) groups is 1. The van der Waals surface area contributed by atoms with E-state index in [4.69, 9.17) is 4.99 Å². The summed E-state index contributed by atoms with van der Waals surface area (Å²) in [6.07, 6.45) is 0.896. The number of amides is 1. The molecule has 0 spiro atoms. The molecular formula is C18H22N4O2. The van der Waals surface area contributed by atoms with Crippen LogP contribution in [0.5, 0.6) is 5.75 Å². The normalized spacial score (nSPS) is 14.2. The summed E-state index contributed by atoms with van der Waals surface area (Å²) in [6.45, 7) is 7.20. The van der Waals surface area contributed by atoms with Crippen molar-refractivity contribution in [1.29, 1.82) is 0 Å². The Morgan fingerprint density at radius 3 is 2.62 bits per heavy atom. The van der Waals surface area contributed by atoms with Crippen LogP contribution in [0.25, 0.3) is 0 Å². The molecule has 0 radical (unpaired) electrons. The minimum Gasteiger partial charge on any atom is -0.508 e. The lowest BCUT2D eigenvalue weighted by atomic mass is 10.1. The van der Waals surface area contributed by atoms with E-state index in [2.05, 4.69) is 31.2 Å². The molecule has 6 nitrogen and oxygen atoms in total. The number of nitrogens with zero attached hydrogens (tertiary/aromatic N) is 3. The number of rotatable bonds is 4. The highest BCUT2D eigenvalue weighted by molar-refractivity contribution is 6.10. The first-order chi connectivity index (χ1) is 11.5. The molecular weight excluding hydrogens is 304 g/mol. The predicted molar refractivity (Wildman–Crippen MR) is 93.2 cm³/mol. The van der Waals surface area contributed by atoms with Gasteiger partial charge in [0.1, 0.15) is 11.4 Å². The van der Waals surface area contributed by atoms with Crippen LogP contribution in [0.3, 0.4) is 0 Å². The van der Waals surface area contributed by atoms with Gasteiger partial charge in [0.05, 0.1) is 18.0 Å². The van der Waals surface area contributed by atoms with Gasteiger partial charge in [-0.05, 0) is 42.2 Å². The van der Waals surface area contributed by atoms with Gasteiger partial charge in [-0.15, -0.1) is 0 Å². The Balaban J connectivity index is 2.15. The van der Waals surface area contributed by atoms with Crippen molar-refractivity contribution in [3.8, 4) is 5.75 Å². The molecule has 0 atom stereocenters. The van der Waals surface area contributed by atoms with Crippen molar-refractivity contribution in [2.45, 2.75) is 39.7 Å². The van der Waals surface area contributed by atoms with E-state index in [1.807, 2.05) is 0 Å². The van der Waals surface area contributed by atoms with Crippen LogP contribution in [-0.4, -0.2) is 33.1 Å². The van der Waals surface area contributed by atoms with Crippen LogP contribution in [0.2, 0.25) is 0 Å². The molecule has 1 aromatic carbocycles. The molecule has 0 fully saturated rings. The first-order valence-electron chi connectivity index (χ1n) is 8.27. The summed E-state index contributed by atoms with van der Waals surface area (Å²) in [5.41, 5.74) is 3.68. The average Bonchev–Trinajstić information content (AvgIpc) is 2.81. The number of phenolic OH excluding ortho intramolecular Hbond substituents is 1. The Bertz CT molecular complexity index is 788. The monoisotopic (exact) mass is 326 g/mol. The number of carbonyl (C=O) groups excluding carboxylic acids is 1. The van der Waals surface area contributed by atoms with Gasteiger partial charge in [0.25, 0.3) is 5.91 Å². The number of fused-ring (bicyclic) bond motifs is 1. The Morgan fingerprint density at radius 1 is 1.29 bits per heavy atom. The van der Waals surface area contributed by atoms with Gasteiger partial charge in [0, 0.05) is 6.54 Å². The molecule has 2 N–H and O–H groups in total. The first kappa shape index (κ1) is 16.2.